The Hall–Kier alpha value is -2.19. The summed E-state index contributed by atoms with van der Waals surface area (Å²) in [5.41, 5.74) is 7.79. The van der Waals surface area contributed by atoms with E-state index in [2.05, 4.69) is 84.9 Å². The highest BCUT2D eigenvalue weighted by molar-refractivity contribution is 7.98. The van der Waals surface area contributed by atoms with Crippen molar-refractivity contribution in [3.63, 3.8) is 0 Å². The maximum Gasteiger partial charge on any atom is 0.124 e. The van der Waals surface area contributed by atoms with Crippen LogP contribution in [-0.2, 0) is 39.9 Å². The molecule has 1 aliphatic heterocycles. The third-order valence-electron chi connectivity index (χ3n) is 6.36. The predicted octanol–water partition coefficient (Wildman–Crippen LogP) is 8.26. The molecule has 0 saturated carbocycles. The van der Waals surface area contributed by atoms with Gasteiger partial charge in [-0.05, 0) is 33.4 Å². The lowest BCUT2D eigenvalue weighted by molar-refractivity contribution is 0.579. The largest absolute Gasteiger partial charge is 0.318 e. The third-order valence-corrected chi connectivity index (χ3v) is 11.4. The zero-order chi connectivity index (χ0) is 23.2. The van der Waals surface area contributed by atoms with Gasteiger partial charge in [-0.3, -0.25) is 0 Å². The molecule has 34 heavy (non-hydrogen) atoms. The molecule has 0 fully saturated rings. The Morgan fingerprint density at radius 2 is 0.971 bits per heavy atom. The molecule has 0 N–H and O–H groups in total. The molecule has 0 aliphatic carbocycles. The number of hydrogen-bond donors (Lipinski definition) is 0. The van der Waals surface area contributed by atoms with E-state index in [1.165, 1.54) is 33.4 Å². The average Bonchev–Trinajstić information content (AvgIpc) is 2.86. The molecule has 2 bridgehead atoms. The first-order valence-corrected chi connectivity index (χ1v) is 16.1. The van der Waals surface area contributed by atoms with Crippen LogP contribution in [0.25, 0.3) is 0 Å². The Bertz CT molecular complexity index is 1230. The monoisotopic (exact) mass is 500 g/mol. The lowest BCUT2D eigenvalue weighted by atomic mass is 10.1. The Balaban J connectivity index is 1.57. The second kappa shape index (κ2) is 11.0. The van der Waals surface area contributed by atoms with Crippen molar-refractivity contribution in [2.24, 2.45) is 0 Å². The van der Waals surface area contributed by atoms with Gasteiger partial charge < -0.3 is 4.57 Å². The van der Waals surface area contributed by atoms with Crippen molar-refractivity contribution in [3.05, 3.63) is 137 Å². The SMILES string of the molecule is O=P1(c2ccccc2)Cc2ccccc2CSCc2cccc(c2)CSCc2ccccc2C1. The smallest absolute Gasteiger partial charge is 0.124 e. The first kappa shape index (κ1) is 23.5. The highest BCUT2D eigenvalue weighted by atomic mass is 32.2. The Morgan fingerprint density at radius 1 is 0.500 bits per heavy atom. The zero-order valence-corrected chi connectivity index (χ0v) is 21.8. The molecular weight excluding hydrogens is 471 g/mol. The van der Waals surface area contributed by atoms with E-state index in [0.717, 1.165) is 28.3 Å². The van der Waals surface area contributed by atoms with Crippen molar-refractivity contribution in [1.29, 1.82) is 0 Å². The molecule has 0 radical (unpaired) electrons. The standard InChI is InChI=1S/C30H29OPS2/c31-32(30-15-2-1-3-16-30)18-26-11-4-6-13-28(26)22-33-20-24-9-8-10-25(17-24)21-34-23-29-14-7-5-12-27(29)19-32/h1-17H,18-23H2. The number of fused-ring (bicyclic) bond motifs is 4. The van der Waals surface area contributed by atoms with Gasteiger partial charge in [-0.2, -0.15) is 23.5 Å². The molecule has 4 heteroatoms. The van der Waals surface area contributed by atoms with Crippen LogP contribution in [0.2, 0.25) is 0 Å². The van der Waals surface area contributed by atoms with E-state index >= 15 is 0 Å². The molecule has 0 spiro atoms. The summed E-state index contributed by atoms with van der Waals surface area (Å²) in [5, 5.41) is 0.982. The number of rotatable bonds is 1. The fraction of sp³-hybridized carbons (Fsp3) is 0.200. The maximum atomic E-state index is 14.8. The van der Waals surface area contributed by atoms with Crippen molar-refractivity contribution in [1.82, 2.24) is 0 Å². The van der Waals surface area contributed by atoms with Crippen molar-refractivity contribution in [2.45, 2.75) is 35.3 Å². The summed E-state index contributed by atoms with van der Waals surface area (Å²) in [5.74, 6) is 3.85. The van der Waals surface area contributed by atoms with Gasteiger partial charge in [0.1, 0.15) is 7.14 Å². The summed E-state index contributed by atoms with van der Waals surface area (Å²) in [6.45, 7) is 0. The van der Waals surface area contributed by atoms with Crippen LogP contribution in [0.5, 0.6) is 0 Å². The molecule has 0 aromatic heterocycles. The van der Waals surface area contributed by atoms with Gasteiger partial charge in [0.2, 0.25) is 0 Å². The van der Waals surface area contributed by atoms with Crippen molar-refractivity contribution >= 4 is 36.0 Å². The number of thioether (sulfide) groups is 2. The minimum atomic E-state index is -2.70. The maximum absolute atomic E-state index is 14.8. The summed E-state index contributed by atoms with van der Waals surface area (Å²) < 4.78 is 14.8. The van der Waals surface area contributed by atoms with E-state index < -0.39 is 7.14 Å². The normalized spacial score (nSPS) is 16.2. The van der Waals surface area contributed by atoms with Crippen molar-refractivity contribution < 1.29 is 4.57 Å². The van der Waals surface area contributed by atoms with Crippen LogP contribution in [0.15, 0.2) is 103 Å². The van der Waals surface area contributed by atoms with Gasteiger partial charge in [0.05, 0.1) is 0 Å². The lowest BCUT2D eigenvalue weighted by Gasteiger charge is -2.22. The van der Waals surface area contributed by atoms with E-state index in [1.807, 2.05) is 41.7 Å². The third kappa shape index (κ3) is 5.71. The van der Waals surface area contributed by atoms with E-state index in [-0.39, 0.29) is 0 Å². The van der Waals surface area contributed by atoms with Crippen LogP contribution in [-0.4, -0.2) is 0 Å². The Labute approximate surface area is 211 Å². The van der Waals surface area contributed by atoms with Gasteiger partial charge in [0.25, 0.3) is 0 Å². The topological polar surface area (TPSA) is 17.1 Å². The Kier molecular flexibility index (Phi) is 7.64. The number of benzene rings is 4. The molecule has 0 atom stereocenters. The number of hydrogen-bond acceptors (Lipinski definition) is 3. The first-order chi connectivity index (χ1) is 16.7. The molecule has 4 aromatic carbocycles. The summed E-state index contributed by atoms with van der Waals surface area (Å²) in [4.78, 5) is 0. The van der Waals surface area contributed by atoms with Gasteiger partial charge in [-0.1, -0.05) is 103 Å². The van der Waals surface area contributed by atoms with Crippen LogP contribution >= 0.6 is 30.7 Å². The molecule has 1 nitrogen and oxygen atoms in total. The van der Waals surface area contributed by atoms with Crippen LogP contribution in [0.3, 0.4) is 0 Å². The minimum Gasteiger partial charge on any atom is -0.318 e. The first-order valence-electron chi connectivity index (χ1n) is 11.7. The molecular formula is C30H29OPS2. The van der Waals surface area contributed by atoms with E-state index in [0.29, 0.717) is 12.3 Å². The zero-order valence-electron chi connectivity index (χ0n) is 19.2. The van der Waals surface area contributed by atoms with Crippen molar-refractivity contribution in [3.8, 4) is 0 Å². The summed E-state index contributed by atoms with van der Waals surface area (Å²) >= 11 is 3.88. The molecule has 1 heterocycles. The summed E-state index contributed by atoms with van der Waals surface area (Å²) in [7, 11) is -2.70. The van der Waals surface area contributed by atoms with Gasteiger partial charge >= 0.3 is 0 Å². The van der Waals surface area contributed by atoms with Crippen molar-refractivity contribution in [2.75, 3.05) is 0 Å². The molecule has 5 rings (SSSR count). The lowest BCUT2D eigenvalue weighted by Crippen LogP contribution is -2.10. The molecule has 0 amide bonds. The van der Waals surface area contributed by atoms with Crippen LogP contribution in [0, 0.1) is 0 Å². The molecule has 0 unspecified atom stereocenters. The second-order valence-corrected chi connectivity index (χ2v) is 13.8. The summed E-state index contributed by atoms with van der Waals surface area (Å²) in [6, 6.07) is 36.3. The predicted molar refractivity (Wildman–Crippen MR) is 150 cm³/mol. The molecule has 1 aliphatic rings. The van der Waals surface area contributed by atoms with Crippen LogP contribution in [0.4, 0.5) is 0 Å². The van der Waals surface area contributed by atoms with E-state index in [4.69, 9.17) is 0 Å². The van der Waals surface area contributed by atoms with Crippen LogP contribution in [0.1, 0.15) is 33.4 Å². The highest BCUT2D eigenvalue weighted by Gasteiger charge is 2.27. The molecule has 172 valence electrons. The minimum absolute atomic E-state index is 0.602. The highest BCUT2D eigenvalue weighted by Crippen LogP contribution is 2.52. The quantitative estimate of drug-likeness (QED) is 0.245. The fourth-order valence-corrected chi connectivity index (χ4v) is 9.51. The fourth-order valence-electron chi connectivity index (χ4n) is 4.56. The van der Waals surface area contributed by atoms with Gasteiger partial charge in [0, 0.05) is 40.6 Å². The molecule has 4 aromatic rings. The second-order valence-electron chi connectivity index (χ2n) is 8.88. The van der Waals surface area contributed by atoms with E-state index in [1.54, 1.807) is 0 Å². The van der Waals surface area contributed by atoms with Crippen LogP contribution < -0.4 is 5.30 Å². The van der Waals surface area contributed by atoms with Gasteiger partial charge in [-0.15, -0.1) is 0 Å². The van der Waals surface area contributed by atoms with Gasteiger partial charge in [0.15, 0.2) is 0 Å². The Morgan fingerprint density at radius 3 is 1.50 bits per heavy atom. The molecule has 0 saturated heterocycles. The average molecular weight is 501 g/mol. The van der Waals surface area contributed by atoms with Gasteiger partial charge in [-0.25, -0.2) is 0 Å². The summed E-state index contributed by atoms with van der Waals surface area (Å²) in [6.07, 6.45) is 1.20. The van der Waals surface area contributed by atoms with E-state index in [9.17, 15) is 4.57 Å².